The summed E-state index contributed by atoms with van der Waals surface area (Å²) in [4.78, 5) is 27.6. The van der Waals surface area contributed by atoms with Crippen molar-refractivity contribution in [3.8, 4) is 0 Å². The first-order chi connectivity index (χ1) is 10.7. The maximum absolute atomic E-state index is 12.3. The van der Waals surface area contributed by atoms with Crippen LogP contribution in [0.1, 0.15) is 24.8 Å². The van der Waals surface area contributed by atoms with Gasteiger partial charge in [0, 0.05) is 25.6 Å². The zero-order valence-electron chi connectivity index (χ0n) is 12.7. The number of carbonyl (C=O) groups excluding carboxylic acids is 2. The van der Waals surface area contributed by atoms with Gasteiger partial charge in [-0.05, 0) is 24.8 Å². The van der Waals surface area contributed by atoms with Crippen LogP contribution in [0, 0.1) is 0 Å². The minimum Gasteiger partial charge on any atom is -0.448 e. The van der Waals surface area contributed by atoms with E-state index in [0.29, 0.717) is 19.6 Å². The number of aryl methyl sites for hydroxylation is 1. The molecule has 0 bridgehead atoms. The lowest BCUT2D eigenvalue weighted by atomic mass is 10.0. The molecule has 1 aromatic carbocycles. The quantitative estimate of drug-likeness (QED) is 0.855. The maximum Gasteiger partial charge on any atom is 0.410 e. The Morgan fingerprint density at radius 2 is 1.86 bits per heavy atom. The standard InChI is InChI=1S/C17H22N2O3/c20-16(7-6-14-4-2-1-3-5-14)18-10-8-15(9-11-18)19-12-13-22-17(19)21/h1-5,15H,6-13H2. The highest BCUT2D eigenvalue weighted by atomic mass is 16.6. The number of benzene rings is 1. The molecule has 2 aliphatic heterocycles. The van der Waals surface area contributed by atoms with E-state index in [1.54, 1.807) is 0 Å². The van der Waals surface area contributed by atoms with Gasteiger partial charge in [0.05, 0.1) is 6.54 Å². The third-order valence-corrected chi connectivity index (χ3v) is 4.52. The van der Waals surface area contributed by atoms with Crippen molar-refractivity contribution in [3.05, 3.63) is 35.9 Å². The Kier molecular flexibility index (Phi) is 4.61. The zero-order valence-corrected chi connectivity index (χ0v) is 12.7. The molecule has 0 N–H and O–H groups in total. The van der Waals surface area contributed by atoms with Crippen molar-refractivity contribution < 1.29 is 14.3 Å². The summed E-state index contributed by atoms with van der Waals surface area (Å²) in [5.74, 6) is 0.214. The Balaban J connectivity index is 1.44. The van der Waals surface area contributed by atoms with E-state index in [4.69, 9.17) is 4.74 Å². The molecule has 0 aromatic heterocycles. The average Bonchev–Trinajstić information content (AvgIpc) is 3.00. The van der Waals surface area contributed by atoms with E-state index in [0.717, 1.165) is 32.4 Å². The Bertz CT molecular complexity index is 524. The van der Waals surface area contributed by atoms with Gasteiger partial charge in [-0.15, -0.1) is 0 Å². The van der Waals surface area contributed by atoms with Crippen LogP contribution < -0.4 is 0 Å². The van der Waals surface area contributed by atoms with Gasteiger partial charge < -0.3 is 14.5 Å². The number of cyclic esters (lactones) is 1. The van der Waals surface area contributed by atoms with Crippen LogP contribution in [0.4, 0.5) is 4.79 Å². The molecule has 3 rings (SSSR count). The summed E-state index contributed by atoms with van der Waals surface area (Å²) in [6.45, 7) is 2.66. The number of hydrogen-bond acceptors (Lipinski definition) is 3. The molecule has 0 atom stereocenters. The third-order valence-electron chi connectivity index (χ3n) is 4.52. The molecule has 0 aliphatic carbocycles. The highest BCUT2D eigenvalue weighted by Crippen LogP contribution is 2.20. The summed E-state index contributed by atoms with van der Waals surface area (Å²) in [5.41, 5.74) is 1.20. The molecule has 0 spiro atoms. The van der Waals surface area contributed by atoms with E-state index in [-0.39, 0.29) is 18.0 Å². The Hall–Kier alpha value is -2.04. The average molecular weight is 302 g/mol. The largest absolute Gasteiger partial charge is 0.448 e. The number of rotatable bonds is 4. The lowest BCUT2D eigenvalue weighted by Gasteiger charge is -2.35. The van der Waals surface area contributed by atoms with Crippen molar-refractivity contribution in [1.29, 1.82) is 0 Å². The van der Waals surface area contributed by atoms with Crippen molar-refractivity contribution in [2.75, 3.05) is 26.2 Å². The van der Waals surface area contributed by atoms with Gasteiger partial charge in [-0.25, -0.2) is 4.79 Å². The molecule has 2 amide bonds. The van der Waals surface area contributed by atoms with Gasteiger partial charge >= 0.3 is 6.09 Å². The van der Waals surface area contributed by atoms with Gasteiger partial charge in [0.15, 0.2) is 0 Å². The van der Waals surface area contributed by atoms with Gasteiger partial charge in [-0.1, -0.05) is 30.3 Å². The summed E-state index contributed by atoms with van der Waals surface area (Å²) in [7, 11) is 0. The van der Waals surface area contributed by atoms with Crippen molar-refractivity contribution >= 4 is 12.0 Å². The number of nitrogens with zero attached hydrogens (tertiary/aromatic N) is 2. The number of piperidine rings is 1. The Morgan fingerprint density at radius 1 is 1.14 bits per heavy atom. The van der Waals surface area contributed by atoms with E-state index in [1.165, 1.54) is 5.56 Å². The second kappa shape index (κ2) is 6.81. The fourth-order valence-electron chi connectivity index (χ4n) is 3.22. The van der Waals surface area contributed by atoms with Crippen molar-refractivity contribution in [2.45, 2.75) is 31.7 Å². The first-order valence-corrected chi connectivity index (χ1v) is 7.99. The molecule has 0 radical (unpaired) electrons. The van der Waals surface area contributed by atoms with Crippen LogP contribution >= 0.6 is 0 Å². The molecule has 2 heterocycles. The van der Waals surface area contributed by atoms with Gasteiger partial charge in [0.1, 0.15) is 6.61 Å². The van der Waals surface area contributed by atoms with Crippen LogP contribution in [0.2, 0.25) is 0 Å². The maximum atomic E-state index is 12.3. The van der Waals surface area contributed by atoms with Gasteiger partial charge in [-0.2, -0.15) is 0 Å². The molecule has 2 aliphatic rings. The molecule has 22 heavy (non-hydrogen) atoms. The highest BCUT2D eigenvalue weighted by molar-refractivity contribution is 5.76. The highest BCUT2D eigenvalue weighted by Gasteiger charge is 2.33. The lowest BCUT2D eigenvalue weighted by Crippen LogP contribution is -2.47. The smallest absolute Gasteiger partial charge is 0.410 e. The molecule has 2 saturated heterocycles. The Morgan fingerprint density at radius 3 is 2.50 bits per heavy atom. The summed E-state index contributed by atoms with van der Waals surface area (Å²) in [6, 6.07) is 10.3. The minimum absolute atomic E-state index is 0.200. The first kappa shape index (κ1) is 14.9. The number of likely N-dealkylation sites (tertiary alicyclic amines) is 1. The number of ether oxygens (including phenoxy) is 1. The summed E-state index contributed by atoms with van der Waals surface area (Å²) in [6.07, 6.45) is 2.85. The topological polar surface area (TPSA) is 49.9 Å². The van der Waals surface area contributed by atoms with Crippen LogP contribution in [-0.4, -0.2) is 54.1 Å². The van der Waals surface area contributed by atoms with Gasteiger partial charge in [-0.3, -0.25) is 4.79 Å². The van der Waals surface area contributed by atoms with Crippen LogP contribution in [-0.2, 0) is 16.0 Å². The predicted molar refractivity (Wildman–Crippen MR) is 82.4 cm³/mol. The number of carbonyl (C=O) groups is 2. The van der Waals surface area contributed by atoms with Gasteiger partial charge in [0.25, 0.3) is 0 Å². The number of hydrogen-bond donors (Lipinski definition) is 0. The summed E-state index contributed by atoms with van der Waals surface area (Å²) in [5, 5.41) is 0. The monoisotopic (exact) mass is 302 g/mol. The van der Waals surface area contributed by atoms with Crippen molar-refractivity contribution in [3.63, 3.8) is 0 Å². The number of amides is 2. The fourth-order valence-corrected chi connectivity index (χ4v) is 3.22. The van der Waals surface area contributed by atoms with E-state index in [9.17, 15) is 9.59 Å². The SMILES string of the molecule is O=C(CCc1ccccc1)N1CCC(N2CCOC2=O)CC1. The van der Waals surface area contributed by atoms with Crippen LogP contribution in [0.15, 0.2) is 30.3 Å². The predicted octanol–water partition coefficient (Wildman–Crippen LogP) is 2.06. The zero-order chi connectivity index (χ0) is 15.4. The Labute approximate surface area is 130 Å². The minimum atomic E-state index is -0.200. The summed E-state index contributed by atoms with van der Waals surface area (Å²) >= 11 is 0. The summed E-state index contributed by atoms with van der Waals surface area (Å²) < 4.78 is 4.99. The van der Waals surface area contributed by atoms with E-state index < -0.39 is 0 Å². The van der Waals surface area contributed by atoms with E-state index in [2.05, 4.69) is 12.1 Å². The van der Waals surface area contributed by atoms with Crippen molar-refractivity contribution in [1.82, 2.24) is 9.80 Å². The molecule has 2 fully saturated rings. The molecule has 5 heteroatoms. The normalized spacial score (nSPS) is 19.4. The fraction of sp³-hybridized carbons (Fsp3) is 0.529. The second-order valence-electron chi connectivity index (χ2n) is 5.91. The van der Waals surface area contributed by atoms with Gasteiger partial charge in [0.2, 0.25) is 5.91 Å². The first-order valence-electron chi connectivity index (χ1n) is 7.99. The molecular weight excluding hydrogens is 280 g/mol. The van der Waals surface area contributed by atoms with E-state index in [1.807, 2.05) is 28.0 Å². The molecule has 0 unspecified atom stereocenters. The van der Waals surface area contributed by atoms with E-state index >= 15 is 0 Å². The molecular formula is C17H22N2O3. The van der Waals surface area contributed by atoms with Crippen LogP contribution in [0.25, 0.3) is 0 Å². The molecule has 0 saturated carbocycles. The van der Waals surface area contributed by atoms with Crippen molar-refractivity contribution in [2.24, 2.45) is 0 Å². The third kappa shape index (κ3) is 3.40. The second-order valence-corrected chi connectivity index (χ2v) is 5.91. The molecule has 118 valence electrons. The van der Waals surface area contributed by atoms with Crippen LogP contribution in [0.5, 0.6) is 0 Å². The van der Waals surface area contributed by atoms with Crippen LogP contribution in [0.3, 0.4) is 0 Å². The lowest BCUT2D eigenvalue weighted by molar-refractivity contribution is -0.132. The molecule has 1 aromatic rings. The molecule has 5 nitrogen and oxygen atoms in total.